The molecule has 0 atom stereocenters. The Kier molecular flexibility index (Phi) is 5.37. The van der Waals surface area contributed by atoms with Crippen molar-refractivity contribution in [3.8, 4) is 11.3 Å². The Morgan fingerprint density at radius 1 is 0.853 bits per heavy atom. The number of nitrogens with one attached hydrogen (secondary N) is 2. The van der Waals surface area contributed by atoms with E-state index in [9.17, 15) is 13.2 Å². The van der Waals surface area contributed by atoms with Crippen LogP contribution >= 0.6 is 0 Å². The van der Waals surface area contributed by atoms with E-state index in [1.165, 1.54) is 12.1 Å². The number of aromatic nitrogens is 2. The van der Waals surface area contributed by atoms with E-state index in [1.54, 1.807) is 18.2 Å². The second kappa shape index (κ2) is 8.39. The Balaban J connectivity index is 1.73. The highest BCUT2D eigenvalue weighted by molar-refractivity contribution is 7.92. The van der Waals surface area contributed by atoms with E-state index >= 15 is 0 Å². The van der Waals surface area contributed by atoms with E-state index in [0.717, 1.165) is 22.3 Å². The van der Waals surface area contributed by atoms with Crippen molar-refractivity contribution >= 4 is 27.6 Å². The van der Waals surface area contributed by atoms with E-state index in [2.05, 4.69) is 20.0 Å². The molecule has 0 radical (unpaired) electrons. The normalized spacial score (nSPS) is 14.5. The van der Waals surface area contributed by atoms with Crippen LogP contribution in [0.3, 0.4) is 0 Å². The first-order chi connectivity index (χ1) is 16.3. The molecule has 0 aliphatic carbocycles. The Hall–Kier alpha value is -4.04. The molecule has 1 aromatic heterocycles. The average Bonchev–Trinajstić information content (AvgIpc) is 2.78. The van der Waals surface area contributed by atoms with Crippen LogP contribution in [0.2, 0.25) is 0 Å². The number of rotatable bonds is 1. The number of carbonyl (C=O) groups is 1. The maximum absolute atomic E-state index is 13.2. The molecule has 6 bridgehead atoms. The first-order valence-corrected chi connectivity index (χ1v) is 12.2. The topological polar surface area (TPSA) is 101 Å². The predicted octanol–water partition coefficient (Wildman–Crippen LogP) is 4.72. The minimum Gasteiger partial charge on any atom is -0.322 e. The minimum atomic E-state index is -3.99. The highest BCUT2D eigenvalue weighted by atomic mass is 32.2. The molecule has 5 rings (SSSR count). The lowest BCUT2D eigenvalue weighted by atomic mass is 9.98. The van der Waals surface area contributed by atoms with Crippen molar-refractivity contribution in [3.05, 3.63) is 101 Å². The van der Waals surface area contributed by atoms with E-state index in [-0.39, 0.29) is 16.8 Å². The van der Waals surface area contributed by atoms with Gasteiger partial charge in [0.15, 0.2) is 0 Å². The lowest BCUT2D eigenvalue weighted by Crippen LogP contribution is -2.18. The molecule has 1 aliphatic heterocycles. The summed E-state index contributed by atoms with van der Waals surface area (Å²) in [5, 5.41) is 2.77. The fourth-order valence-corrected chi connectivity index (χ4v) is 5.12. The molecule has 0 fully saturated rings. The fraction of sp³-hybridized carbons (Fsp3) is 0.115. The molecule has 2 N–H and O–H groups in total. The van der Waals surface area contributed by atoms with Crippen molar-refractivity contribution in [2.45, 2.75) is 25.2 Å². The SMILES string of the molecule is Cc1cccc(C)c1-c1cc2nc(n1)NS(=O)(=O)c1cccc(c1)NC(=O)c1cccc(c1)C2. The summed E-state index contributed by atoms with van der Waals surface area (Å²) >= 11 is 0. The zero-order valence-electron chi connectivity index (χ0n) is 18.7. The summed E-state index contributed by atoms with van der Waals surface area (Å²) in [6, 6.07) is 21.2. The largest absolute Gasteiger partial charge is 0.322 e. The molecule has 34 heavy (non-hydrogen) atoms. The third-order valence-electron chi connectivity index (χ3n) is 5.72. The third kappa shape index (κ3) is 4.27. The van der Waals surface area contributed by atoms with E-state index in [1.807, 2.05) is 56.3 Å². The summed E-state index contributed by atoms with van der Waals surface area (Å²) in [4.78, 5) is 21.9. The van der Waals surface area contributed by atoms with Gasteiger partial charge in [-0.3, -0.25) is 4.79 Å². The van der Waals surface area contributed by atoms with Gasteiger partial charge in [-0.25, -0.2) is 23.1 Å². The fourth-order valence-electron chi connectivity index (χ4n) is 4.14. The van der Waals surface area contributed by atoms with E-state index in [0.29, 0.717) is 29.1 Å². The van der Waals surface area contributed by atoms with Gasteiger partial charge in [-0.05, 0) is 66.9 Å². The quantitative estimate of drug-likeness (QED) is 0.419. The maximum Gasteiger partial charge on any atom is 0.264 e. The first-order valence-electron chi connectivity index (χ1n) is 10.8. The van der Waals surface area contributed by atoms with Gasteiger partial charge in [-0.1, -0.05) is 36.4 Å². The molecule has 1 aliphatic rings. The van der Waals surface area contributed by atoms with Crippen LogP contribution in [-0.4, -0.2) is 24.3 Å². The smallest absolute Gasteiger partial charge is 0.264 e. The lowest BCUT2D eigenvalue weighted by molar-refractivity contribution is 0.102. The molecular weight excluding hydrogens is 448 g/mol. The summed E-state index contributed by atoms with van der Waals surface area (Å²) in [6.45, 7) is 3.99. The molecule has 0 spiro atoms. The zero-order chi connectivity index (χ0) is 23.9. The molecule has 0 saturated heterocycles. The van der Waals surface area contributed by atoms with Gasteiger partial charge >= 0.3 is 0 Å². The highest BCUT2D eigenvalue weighted by Gasteiger charge is 2.20. The van der Waals surface area contributed by atoms with Crippen molar-refractivity contribution in [2.75, 3.05) is 10.0 Å². The summed E-state index contributed by atoms with van der Waals surface area (Å²) in [5.41, 5.74) is 5.98. The van der Waals surface area contributed by atoms with E-state index in [4.69, 9.17) is 0 Å². The second-order valence-corrected chi connectivity index (χ2v) is 9.98. The van der Waals surface area contributed by atoms with E-state index < -0.39 is 10.0 Å². The van der Waals surface area contributed by atoms with Crippen molar-refractivity contribution < 1.29 is 13.2 Å². The molecule has 8 heteroatoms. The van der Waals surface area contributed by atoms with Gasteiger partial charge in [0.2, 0.25) is 5.95 Å². The van der Waals surface area contributed by atoms with Gasteiger partial charge in [-0.2, -0.15) is 0 Å². The molecule has 7 nitrogen and oxygen atoms in total. The second-order valence-electron chi connectivity index (χ2n) is 8.30. The Labute approximate surface area is 198 Å². The van der Waals surface area contributed by atoms with Gasteiger partial charge in [0, 0.05) is 23.2 Å². The van der Waals surface area contributed by atoms with Crippen molar-refractivity contribution in [1.29, 1.82) is 0 Å². The molecule has 0 saturated carbocycles. The molecule has 2 heterocycles. The lowest BCUT2D eigenvalue weighted by Gasteiger charge is -2.15. The monoisotopic (exact) mass is 470 g/mol. The summed E-state index contributed by atoms with van der Waals surface area (Å²) in [5.74, 6) is -0.321. The van der Waals surface area contributed by atoms with Crippen LogP contribution in [0.5, 0.6) is 0 Å². The Morgan fingerprint density at radius 3 is 2.38 bits per heavy atom. The molecule has 4 aromatic rings. The predicted molar refractivity (Wildman–Crippen MR) is 131 cm³/mol. The van der Waals surface area contributed by atoms with Gasteiger partial charge in [0.25, 0.3) is 15.9 Å². The first kappa shape index (κ1) is 21.8. The molecule has 170 valence electrons. The number of amides is 1. The maximum atomic E-state index is 13.2. The molecule has 0 unspecified atom stereocenters. The van der Waals surface area contributed by atoms with Crippen LogP contribution in [0.25, 0.3) is 11.3 Å². The summed E-state index contributed by atoms with van der Waals surface area (Å²) in [6.07, 6.45) is 0.404. The van der Waals surface area contributed by atoms with Crippen molar-refractivity contribution in [2.24, 2.45) is 0 Å². The summed E-state index contributed by atoms with van der Waals surface area (Å²) < 4.78 is 28.9. The third-order valence-corrected chi connectivity index (χ3v) is 7.04. The number of benzene rings is 3. The number of nitrogens with zero attached hydrogens (tertiary/aromatic N) is 2. The Morgan fingerprint density at radius 2 is 1.59 bits per heavy atom. The van der Waals surface area contributed by atoms with Crippen molar-refractivity contribution in [3.63, 3.8) is 0 Å². The number of carbonyl (C=O) groups excluding carboxylic acids is 1. The van der Waals surface area contributed by atoms with Crippen LogP contribution in [-0.2, 0) is 16.4 Å². The van der Waals surface area contributed by atoms with Gasteiger partial charge in [0.1, 0.15) is 0 Å². The van der Waals surface area contributed by atoms with Crippen LogP contribution in [0.1, 0.15) is 32.7 Å². The standard InChI is InChI=1S/C26H22N4O3S/c1-16-6-3-7-17(2)24(16)23-15-21-13-18-8-4-9-19(12-18)25(31)27-20-10-5-11-22(14-20)34(32,33)30-26(28-21)29-23/h3-12,14-15H,13H2,1-2H3,(H,27,31)(H,28,29,30). The summed E-state index contributed by atoms with van der Waals surface area (Å²) in [7, 11) is -3.99. The Bertz CT molecular complexity index is 1530. The molecule has 3 aromatic carbocycles. The number of fused-ring (bicyclic) bond motifs is 6. The van der Waals surface area contributed by atoms with Gasteiger partial charge in [0.05, 0.1) is 16.3 Å². The van der Waals surface area contributed by atoms with Crippen LogP contribution in [0.15, 0.2) is 77.7 Å². The number of anilines is 2. The number of hydrogen-bond donors (Lipinski definition) is 2. The molecular formula is C26H22N4O3S. The van der Waals surface area contributed by atoms with Crippen molar-refractivity contribution in [1.82, 2.24) is 9.97 Å². The number of aryl methyl sites for hydroxylation is 2. The highest BCUT2D eigenvalue weighted by Crippen LogP contribution is 2.28. The minimum absolute atomic E-state index is 0.00117. The average molecular weight is 471 g/mol. The zero-order valence-corrected chi connectivity index (χ0v) is 19.5. The van der Waals surface area contributed by atoms with Crippen LogP contribution in [0.4, 0.5) is 11.6 Å². The number of hydrogen-bond acceptors (Lipinski definition) is 5. The number of sulfonamides is 1. The van der Waals surface area contributed by atoms with Crippen LogP contribution in [0, 0.1) is 13.8 Å². The molecule has 1 amide bonds. The van der Waals surface area contributed by atoms with Gasteiger partial charge in [-0.15, -0.1) is 0 Å². The van der Waals surface area contributed by atoms with Gasteiger partial charge < -0.3 is 5.32 Å². The van der Waals surface area contributed by atoms with Crippen LogP contribution < -0.4 is 10.0 Å².